The van der Waals surface area contributed by atoms with Crippen molar-refractivity contribution < 1.29 is 33.2 Å². The van der Waals surface area contributed by atoms with Crippen LogP contribution in [0.3, 0.4) is 0 Å². The van der Waals surface area contributed by atoms with Gasteiger partial charge in [0.2, 0.25) is 0 Å². The Bertz CT molecular complexity index is 649. The quantitative estimate of drug-likeness (QED) is 0.402. The van der Waals surface area contributed by atoms with E-state index in [4.69, 9.17) is 4.74 Å². The van der Waals surface area contributed by atoms with Gasteiger partial charge in [0.05, 0.1) is 20.6 Å². The summed E-state index contributed by atoms with van der Waals surface area (Å²) in [6.45, 7) is 2.35. The van der Waals surface area contributed by atoms with E-state index in [1.807, 2.05) is 6.07 Å². The zero-order chi connectivity index (χ0) is 16.1. The lowest BCUT2D eigenvalue weighted by Crippen LogP contribution is -3.00. The Kier molecular flexibility index (Phi) is 6.87. The molecule has 1 unspecified atom stereocenters. The SMILES string of the molecule is C[N+]1(C)CCCC(Oc2ccc(/C=C/c3ccccc3)cc2)C1.[I-]. The number of nitrogens with zero attached hydrogens (tertiary/aromatic N) is 1. The molecule has 0 amide bonds. The molecule has 3 rings (SSSR count). The van der Waals surface area contributed by atoms with Gasteiger partial charge in [-0.05, 0) is 29.7 Å². The molecule has 2 nitrogen and oxygen atoms in total. The van der Waals surface area contributed by atoms with Gasteiger partial charge >= 0.3 is 0 Å². The van der Waals surface area contributed by atoms with Crippen LogP contribution in [0.25, 0.3) is 12.2 Å². The molecule has 1 fully saturated rings. The number of quaternary nitrogens is 1. The maximum Gasteiger partial charge on any atom is 0.148 e. The second-order valence-electron chi connectivity index (χ2n) is 7.04. The Morgan fingerprint density at radius 3 is 2.17 bits per heavy atom. The average Bonchev–Trinajstić information content (AvgIpc) is 2.54. The number of likely N-dealkylation sites (N-methyl/N-ethyl adjacent to an activating group) is 1. The molecule has 0 aromatic heterocycles. The van der Waals surface area contributed by atoms with Crippen LogP contribution in [-0.4, -0.2) is 37.8 Å². The van der Waals surface area contributed by atoms with Gasteiger partial charge in [0.15, 0.2) is 0 Å². The Hall–Kier alpha value is -1.33. The van der Waals surface area contributed by atoms with Crippen LogP contribution in [-0.2, 0) is 0 Å². The fourth-order valence-electron chi connectivity index (χ4n) is 3.18. The van der Waals surface area contributed by atoms with Crippen molar-refractivity contribution in [2.75, 3.05) is 27.2 Å². The van der Waals surface area contributed by atoms with E-state index in [2.05, 4.69) is 74.8 Å². The van der Waals surface area contributed by atoms with Crippen molar-refractivity contribution in [1.29, 1.82) is 0 Å². The molecule has 24 heavy (non-hydrogen) atoms. The second-order valence-corrected chi connectivity index (χ2v) is 7.04. The van der Waals surface area contributed by atoms with Crippen molar-refractivity contribution >= 4 is 12.2 Å². The molecule has 2 aromatic carbocycles. The molecule has 0 aliphatic carbocycles. The second kappa shape index (κ2) is 8.67. The van der Waals surface area contributed by atoms with Gasteiger partial charge in [-0.25, -0.2) is 0 Å². The monoisotopic (exact) mass is 435 g/mol. The number of piperidine rings is 1. The van der Waals surface area contributed by atoms with E-state index >= 15 is 0 Å². The lowest BCUT2D eigenvalue weighted by Gasteiger charge is -2.37. The molecule has 1 saturated heterocycles. The molecular weight excluding hydrogens is 409 g/mol. The summed E-state index contributed by atoms with van der Waals surface area (Å²) in [5, 5.41) is 0. The first kappa shape index (κ1) is 19.0. The minimum Gasteiger partial charge on any atom is -1.00 e. The van der Waals surface area contributed by atoms with E-state index in [-0.39, 0.29) is 24.0 Å². The third kappa shape index (κ3) is 5.64. The van der Waals surface area contributed by atoms with E-state index in [0.29, 0.717) is 6.10 Å². The van der Waals surface area contributed by atoms with Crippen LogP contribution in [0.5, 0.6) is 5.75 Å². The van der Waals surface area contributed by atoms with Crippen molar-refractivity contribution in [3.63, 3.8) is 0 Å². The highest BCUT2D eigenvalue weighted by atomic mass is 127. The van der Waals surface area contributed by atoms with Gasteiger partial charge < -0.3 is 33.2 Å². The van der Waals surface area contributed by atoms with Gasteiger partial charge in [0.25, 0.3) is 0 Å². The Morgan fingerprint density at radius 1 is 0.917 bits per heavy atom. The van der Waals surface area contributed by atoms with E-state index in [1.54, 1.807) is 0 Å². The van der Waals surface area contributed by atoms with Crippen LogP contribution in [0.1, 0.15) is 24.0 Å². The van der Waals surface area contributed by atoms with Crippen molar-refractivity contribution in [2.24, 2.45) is 0 Å². The predicted molar refractivity (Wildman–Crippen MR) is 97.3 cm³/mol. The standard InChI is InChI=1S/C21H26NO.HI/c1-22(2)16-6-9-21(17-22)23-20-14-12-19(13-15-20)11-10-18-7-4-3-5-8-18;/h3-5,7-8,10-15,21H,6,9,16-17H2,1-2H3;1H/q+1;/p-1/b11-10+;. The summed E-state index contributed by atoms with van der Waals surface area (Å²) in [6, 6.07) is 18.8. The molecular formula is C21H26INO. The summed E-state index contributed by atoms with van der Waals surface area (Å²) < 4.78 is 7.23. The third-order valence-corrected chi connectivity index (χ3v) is 4.44. The van der Waals surface area contributed by atoms with Gasteiger partial charge in [-0.3, -0.25) is 0 Å². The molecule has 1 aliphatic rings. The van der Waals surface area contributed by atoms with Crippen LogP contribution in [0.4, 0.5) is 0 Å². The lowest BCUT2D eigenvalue weighted by molar-refractivity contribution is -0.897. The first-order chi connectivity index (χ1) is 11.1. The lowest BCUT2D eigenvalue weighted by atomic mass is 10.1. The number of halogens is 1. The first-order valence-corrected chi connectivity index (χ1v) is 8.43. The number of likely N-dealkylation sites (tertiary alicyclic amines) is 1. The highest BCUT2D eigenvalue weighted by Crippen LogP contribution is 2.21. The van der Waals surface area contributed by atoms with Crippen molar-refractivity contribution in [3.8, 4) is 5.75 Å². The smallest absolute Gasteiger partial charge is 0.148 e. The maximum atomic E-state index is 6.17. The van der Waals surface area contributed by atoms with Gasteiger partial charge in [0, 0.05) is 6.42 Å². The fourth-order valence-corrected chi connectivity index (χ4v) is 3.18. The fraction of sp³-hybridized carbons (Fsp3) is 0.333. The summed E-state index contributed by atoms with van der Waals surface area (Å²) in [5.74, 6) is 0.980. The Morgan fingerprint density at radius 2 is 1.54 bits per heavy atom. The van der Waals surface area contributed by atoms with Crippen LogP contribution in [0, 0.1) is 0 Å². The molecule has 1 atom stereocenters. The molecule has 3 heteroatoms. The third-order valence-electron chi connectivity index (χ3n) is 4.44. The van der Waals surface area contributed by atoms with Gasteiger partial charge in [-0.1, -0.05) is 54.6 Å². The van der Waals surface area contributed by atoms with E-state index in [9.17, 15) is 0 Å². The van der Waals surface area contributed by atoms with Crippen LogP contribution in [0.2, 0.25) is 0 Å². The maximum absolute atomic E-state index is 6.17. The number of ether oxygens (including phenoxy) is 1. The van der Waals surface area contributed by atoms with E-state index in [1.165, 1.54) is 24.1 Å². The van der Waals surface area contributed by atoms with Crippen molar-refractivity contribution in [3.05, 3.63) is 65.7 Å². The molecule has 0 bridgehead atoms. The molecule has 1 heterocycles. The van der Waals surface area contributed by atoms with Crippen LogP contribution in [0.15, 0.2) is 54.6 Å². The van der Waals surface area contributed by atoms with E-state index < -0.39 is 0 Å². The Balaban J connectivity index is 0.00000208. The first-order valence-electron chi connectivity index (χ1n) is 8.43. The number of hydrogen-bond acceptors (Lipinski definition) is 1. The van der Waals surface area contributed by atoms with Crippen LogP contribution < -0.4 is 28.7 Å². The topological polar surface area (TPSA) is 9.23 Å². The zero-order valence-corrected chi connectivity index (χ0v) is 16.6. The molecule has 0 spiro atoms. The van der Waals surface area contributed by atoms with Crippen molar-refractivity contribution in [1.82, 2.24) is 0 Å². The molecule has 2 aromatic rings. The summed E-state index contributed by atoms with van der Waals surface area (Å²) in [7, 11) is 4.57. The average molecular weight is 435 g/mol. The minimum absolute atomic E-state index is 0. The van der Waals surface area contributed by atoms with Gasteiger partial charge in [0.1, 0.15) is 18.4 Å². The number of benzene rings is 2. The Labute approximate surface area is 162 Å². The molecule has 0 N–H and O–H groups in total. The number of rotatable bonds is 4. The van der Waals surface area contributed by atoms with E-state index in [0.717, 1.165) is 23.2 Å². The molecule has 128 valence electrons. The molecule has 0 radical (unpaired) electrons. The summed E-state index contributed by atoms with van der Waals surface area (Å²) >= 11 is 0. The summed E-state index contributed by atoms with van der Waals surface area (Å²) in [5.41, 5.74) is 2.41. The van der Waals surface area contributed by atoms with Crippen molar-refractivity contribution in [2.45, 2.75) is 18.9 Å². The zero-order valence-electron chi connectivity index (χ0n) is 14.5. The summed E-state index contributed by atoms with van der Waals surface area (Å²) in [6.07, 6.45) is 7.02. The highest BCUT2D eigenvalue weighted by Gasteiger charge is 2.28. The minimum atomic E-state index is 0. The normalized spacial score (nSPS) is 19.7. The highest BCUT2D eigenvalue weighted by molar-refractivity contribution is 5.69. The predicted octanol–water partition coefficient (Wildman–Crippen LogP) is 1.48. The number of hydrogen-bond donors (Lipinski definition) is 0. The van der Waals surface area contributed by atoms with Gasteiger partial charge in [-0.15, -0.1) is 0 Å². The molecule has 1 aliphatic heterocycles. The van der Waals surface area contributed by atoms with Gasteiger partial charge in [-0.2, -0.15) is 0 Å². The van der Waals surface area contributed by atoms with Crippen LogP contribution >= 0.6 is 0 Å². The largest absolute Gasteiger partial charge is 1.00 e. The summed E-state index contributed by atoms with van der Waals surface area (Å²) in [4.78, 5) is 0. The molecule has 0 saturated carbocycles.